The lowest BCUT2D eigenvalue weighted by Gasteiger charge is -2.30. The molecule has 2 aromatic rings. The number of nitrogens with zero attached hydrogens (tertiary/aromatic N) is 2. The first-order valence-electron chi connectivity index (χ1n) is 8.01. The van der Waals surface area contributed by atoms with Crippen molar-refractivity contribution >= 4 is 40.1 Å². The van der Waals surface area contributed by atoms with Gasteiger partial charge in [0.05, 0.1) is 5.54 Å². The standard InChI is InChI=1S/C19H20ClN3OS/c1-19(10-11-25-18(21)22-19)14-4-3-5-16(12-14)23(2)17(24)13-6-8-15(20)9-7-13/h3-9,12H,10-11H2,1-2H3,(H2,21,22). The topological polar surface area (TPSA) is 58.7 Å². The number of nitrogens with two attached hydrogens (primary N) is 1. The Hall–Kier alpha value is -1.98. The van der Waals surface area contributed by atoms with Crippen molar-refractivity contribution in [1.82, 2.24) is 0 Å². The third kappa shape index (κ3) is 3.83. The largest absolute Gasteiger partial charge is 0.379 e. The fourth-order valence-electron chi connectivity index (χ4n) is 2.85. The van der Waals surface area contributed by atoms with Gasteiger partial charge in [0.2, 0.25) is 0 Å². The van der Waals surface area contributed by atoms with Gasteiger partial charge in [0.15, 0.2) is 5.17 Å². The van der Waals surface area contributed by atoms with E-state index in [0.29, 0.717) is 15.8 Å². The van der Waals surface area contributed by atoms with E-state index in [9.17, 15) is 4.79 Å². The summed E-state index contributed by atoms with van der Waals surface area (Å²) in [5, 5.41) is 1.23. The Labute approximate surface area is 157 Å². The first kappa shape index (κ1) is 17.8. The SMILES string of the molecule is CN(C(=O)c1ccc(Cl)cc1)c1cccc(C2(C)CCSC(N)=N2)c1. The van der Waals surface area contributed by atoms with Crippen LogP contribution in [0, 0.1) is 0 Å². The predicted molar refractivity (Wildman–Crippen MR) is 107 cm³/mol. The highest BCUT2D eigenvalue weighted by Crippen LogP contribution is 2.36. The zero-order valence-corrected chi connectivity index (χ0v) is 15.8. The van der Waals surface area contributed by atoms with Crippen molar-refractivity contribution in [2.45, 2.75) is 18.9 Å². The number of halogens is 1. The quantitative estimate of drug-likeness (QED) is 0.873. The van der Waals surface area contributed by atoms with E-state index in [0.717, 1.165) is 23.4 Å². The first-order chi connectivity index (χ1) is 11.9. The molecule has 0 saturated carbocycles. The molecule has 25 heavy (non-hydrogen) atoms. The molecule has 0 fully saturated rings. The minimum absolute atomic E-state index is 0.0822. The van der Waals surface area contributed by atoms with Crippen LogP contribution in [-0.4, -0.2) is 23.9 Å². The van der Waals surface area contributed by atoms with Crippen molar-refractivity contribution in [1.29, 1.82) is 0 Å². The van der Waals surface area contributed by atoms with Gasteiger partial charge in [0.1, 0.15) is 0 Å². The molecule has 1 heterocycles. The average Bonchev–Trinajstić information content (AvgIpc) is 2.61. The Bertz CT molecular complexity index is 822. The Morgan fingerprint density at radius 2 is 2.00 bits per heavy atom. The van der Waals surface area contributed by atoms with Crippen molar-refractivity contribution in [3.8, 4) is 0 Å². The fraction of sp³-hybridized carbons (Fsp3) is 0.263. The number of rotatable bonds is 3. The maximum absolute atomic E-state index is 12.7. The molecule has 1 amide bonds. The summed E-state index contributed by atoms with van der Waals surface area (Å²) in [4.78, 5) is 19.0. The highest BCUT2D eigenvalue weighted by molar-refractivity contribution is 8.13. The van der Waals surface area contributed by atoms with Crippen LogP contribution in [0.2, 0.25) is 5.02 Å². The van der Waals surface area contributed by atoms with Crippen LogP contribution in [0.5, 0.6) is 0 Å². The van der Waals surface area contributed by atoms with Crippen LogP contribution in [0.3, 0.4) is 0 Å². The van der Waals surface area contributed by atoms with E-state index in [1.54, 1.807) is 48.0 Å². The van der Waals surface area contributed by atoms with Gasteiger partial charge < -0.3 is 10.6 Å². The molecule has 0 saturated heterocycles. The second-order valence-corrected chi connectivity index (χ2v) is 7.80. The molecule has 2 N–H and O–H groups in total. The van der Waals surface area contributed by atoms with E-state index in [-0.39, 0.29) is 11.4 Å². The van der Waals surface area contributed by atoms with Crippen molar-refractivity contribution in [3.63, 3.8) is 0 Å². The third-order valence-electron chi connectivity index (χ3n) is 4.45. The fourth-order valence-corrected chi connectivity index (χ4v) is 3.95. The number of anilines is 1. The van der Waals surface area contributed by atoms with Crippen molar-refractivity contribution < 1.29 is 4.79 Å². The van der Waals surface area contributed by atoms with E-state index < -0.39 is 0 Å². The lowest BCUT2D eigenvalue weighted by atomic mass is 9.89. The number of benzene rings is 2. The summed E-state index contributed by atoms with van der Waals surface area (Å²) in [5.41, 5.74) is 8.05. The van der Waals surface area contributed by atoms with E-state index in [1.807, 2.05) is 24.3 Å². The van der Waals surface area contributed by atoms with Gasteiger partial charge in [-0.15, -0.1) is 0 Å². The number of aliphatic imine (C=N–C) groups is 1. The van der Waals surface area contributed by atoms with Crippen molar-refractivity contribution in [2.24, 2.45) is 10.7 Å². The van der Waals surface area contributed by atoms with Crippen LogP contribution in [0.4, 0.5) is 5.69 Å². The van der Waals surface area contributed by atoms with Gasteiger partial charge in [-0.2, -0.15) is 0 Å². The number of amidine groups is 1. The number of carbonyl (C=O) groups excluding carboxylic acids is 1. The molecule has 0 aromatic heterocycles. The zero-order chi connectivity index (χ0) is 18.0. The lowest BCUT2D eigenvalue weighted by molar-refractivity contribution is 0.0993. The molecule has 2 aromatic carbocycles. The van der Waals surface area contributed by atoms with Crippen LogP contribution in [-0.2, 0) is 5.54 Å². The van der Waals surface area contributed by atoms with Crippen molar-refractivity contribution in [3.05, 3.63) is 64.7 Å². The van der Waals surface area contributed by atoms with E-state index in [4.69, 9.17) is 17.3 Å². The minimum Gasteiger partial charge on any atom is -0.379 e. The second kappa shape index (κ2) is 7.10. The third-order valence-corrected chi connectivity index (χ3v) is 5.49. The van der Waals surface area contributed by atoms with Crippen LogP contribution >= 0.6 is 23.4 Å². The summed E-state index contributed by atoms with van der Waals surface area (Å²) in [6.07, 6.45) is 0.913. The molecule has 1 aliphatic heterocycles. The summed E-state index contributed by atoms with van der Waals surface area (Å²) in [6, 6.07) is 14.8. The van der Waals surface area contributed by atoms with Gasteiger partial charge >= 0.3 is 0 Å². The summed E-state index contributed by atoms with van der Waals surface area (Å²) in [6.45, 7) is 2.08. The summed E-state index contributed by atoms with van der Waals surface area (Å²) in [7, 11) is 1.77. The smallest absolute Gasteiger partial charge is 0.258 e. The molecular weight excluding hydrogens is 354 g/mol. The molecule has 6 heteroatoms. The van der Waals surface area contributed by atoms with Gasteiger partial charge in [-0.25, -0.2) is 0 Å². The van der Waals surface area contributed by atoms with Crippen LogP contribution in [0.1, 0.15) is 29.3 Å². The van der Waals surface area contributed by atoms with E-state index >= 15 is 0 Å². The summed E-state index contributed by atoms with van der Waals surface area (Å²) in [5.74, 6) is 0.858. The first-order valence-corrected chi connectivity index (χ1v) is 9.38. The molecule has 0 radical (unpaired) electrons. The monoisotopic (exact) mass is 373 g/mol. The number of amides is 1. The Balaban J connectivity index is 1.89. The van der Waals surface area contributed by atoms with Gasteiger partial charge in [0.25, 0.3) is 5.91 Å². The van der Waals surface area contributed by atoms with Crippen LogP contribution in [0.25, 0.3) is 0 Å². The molecule has 1 aliphatic rings. The number of hydrogen-bond acceptors (Lipinski definition) is 4. The van der Waals surface area contributed by atoms with Crippen molar-refractivity contribution in [2.75, 3.05) is 17.7 Å². The minimum atomic E-state index is -0.352. The highest BCUT2D eigenvalue weighted by Gasteiger charge is 2.30. The molecule has 0 aliphatic carbocycles. The normalized spacial score (nSPS) is 20.0. The summed E-state index contributed by atoms with van der Waals surface area (Å²) < 4.78 is 0. The molecule has 0 spiro atoms. The second-order valence-electron chi connectivity index (χ2n) is 6.24. The maximum Gasteiger partial charge on any atom is 0.258 e. The van der Waals surface area contributed by atoms with Crippen LogP contribution < -0.4 is 10.6 Å². The highest BCUT2D eigenvalue weighted by atomic mass is 35.5. The predicted octanol–water partition coefficient (Wildman–Crippen LogP) is 4.28. The molecule has 130 valence electrons. The molecule has 1 unspecified atom stereocenters. The number of carbonyl (C=O) groups is 1. The molecule has 0 bridgehead atoms. The molecule has 1 atom stereocenters. The van der Waals surface area contributed by atoms with Crippen LogP contribution in [0.15, 0.2) is 53.5 Å². The lowest BCUT2D eigenvalue weighted by Crippen LogP contribution is -2.30. The number of hydrogen-bond donors (Lipinski definition) is 1. The van der Waals surface area contributed by atoms with Gasteiger partial charge in [-0.05, 0) is 55.3 Å². The molecular formula is C19H20ClN3OS. The Kier molecular flexibility index (Phi) is 5.06. The van der Waals surface area contributed by atoms with Gasteiger partial charge in [-0.3, -0.25) is 9.79 Å². The van der Waals surface area contributed by atoms with Gasteiger partial charge in [0, 0.05) is 29.1 Å². The molecule has 3 rings (SSSR count). The number of thioether (sulfide) groups is 1. The Morgan fingerprint density at radius 3 is 2.68 bits per heavy atom. The average molecular weight is 374 g/mol. The summed E-state index contributed by atoms with van der Waals surface area (Å²) >= 11 is 7.48. The Morgan fingerprint density at radius 1 is 1.28 bits per heavy atom. The van der Waals surface area contributed by atoms with E-state index in [2.05, 4.69) is 11.9 Å². The maximum atomic E-state index is 12.7. The van der Waals surface area contributed by atoms with E-state index in [1.165, 1.54) is 0 Å². The zero-order valence-electron chi connectivity index (χ0n) is 14.2. The van der Waals surface area contributed by atoms with Gasteiger partial charge in [-0.1, -0.05) is 35.5 Å². The molecule has 4 nitrogen and oxygen atoms in total.